The van der Waals surface area contributed by atoms with E-state index in [1.807, 2.05) is 19.1 Å². The van der Waals surface area contributed by atoms with Gasteiger partial charge in [0.25, 0.3) is 0 Å². The van der Waals surface area contributed by atoms with Gasteiger partial charge in [0, 0.05) is 23.2 Å². The number of anilines is 2. The van der Waals surface area contributed by atoms with Gasteiger partial charge in [0.2, 0.25) is 5.91 Å². The predicted octanol–water partition coefficient (Wildman–Crippen LogP) is 3.51. The van der Waals surface area contributed by atoms with E-state index in [0.717, 1.165) is 28.5 Å². The number of carbonyl (C=O) groups is 1. The molecule has 1 aromatic heterocycles. The molecular weight excluding hydrogens is 270 g/mol. The summed E-state index contributed by atoms with van der Waals surface area (Å²) in [5.41, 5.74) is 4.26. The number of hydrogen-bond donors (Lipinski definition) is 2. The molecule has 2 N–H and O–H groups in total. The van der Waals surface area contributed by atoms with E-state index in [2.05, 4.69) is 34.0 Å². The lowest BCUT2D eigenvalue weighted by atomic mass is 10.0. The van der Waals surface area contributed by atoms with Crippen molar-refractivity contribution in [1.29, 1.82) is 0 Å². The van der Waals surface area contributed by atoms with E-state index in [1.54, 1.807) is 11.3 Å². The van der Waals surface area contributed by atoms with E-state index in [0.29, 0.717) is 6.42 Å². The van der Waals surface area contributed by atoms with Gasteiger partial charge >= 0.3 is 0 Å². The van der Waals surface area contributed by atoms with Crippen LogP contribution in [-0.4, -0.2) is 10.9 Å². The lowest BCUT2D eigenvalue weighted by Crippen LogP contribution is -2.19. The number of aryl methyl sites for hydroxylation is 2. The molecule has 0 radical (unpaired) electrons. The van der Waals surface area contributed by atoms with Crippen molar-refractivity contribution in [3.05, 3.63) is 39.8 Å². The van der Waals surface area contributed by atoms with Crippen LogP contribution in [0.25, 0.3) is 0 Å². The van der Waals surface area contributed by atoms with E-state index in [4.69, 9.17) is 0 Å². The van der Waals surface area contributed by atoms with Crippen LogP contribution >= 0.6 is 11.3 Å². The summed E-state index contributed by atoms with van der Waals surface area (Å²) in [4.78, 5) is 15.8. The molecule has 5 heteroatoms. The van der Waals surface area contributed by atoms with Crippen LogP contribution in [0.1, 0.15) is 35.7 Å². The minimum Gasteiger partial charge on any atom is -0.377 e. The number of nitrogens with one attached hydrogen (secondary N) is 2. The topological polar surface area (TPSA) is 54.0 Å². The first-order valence-electron chi connectivity index (χ1n) is 6.73. The molecule has 104 valence electrons. The van der Waals surface area contributed by atoms with Crippen molar-refractivity contribution in [3.63, 3.8) is 0 Å². The highest BCUT2D eigenvalue weighted by Crippen LogP contribution is 2.28. The quantitative estimate of drug-likeness (QED) is 0.908. The number of benzene rings is 1. The highest BCUT2D eigenvalue weighted by atomic mass is 32.1. The highest BCUT2D eigenvalue weighted by molar-refractivity contribution is 7.09. The molecule has 0 spiro atoms. The van der Waals surface area contributed by atoms with Crippen LogP contribution in [-0.2, 0) is 11.2 Å². The summed E-state index contributed by atoms with van der Waals surface area (Å²) in [5.74, 6) is 0.101. The van der Waals surface area contributed by atoms with Gasteiger partial charge < -0.3 is 10.6 Å². The third kappa shape index (κ3) is 2.67. The monoisotopic (exact) mass is 287 g/mol. The molecule has 0 saturated heterocycles. The van der Waals surface area contributed by atoms with Crippen LogP contribution in [0.2, 0.25) is 0 Å². The fraction of sp³-hybridized carbons (Fsp3) is 0.333. The first-order valence-corrected chi connectivity index (χ1v) is 7.61. The van der Waals surface area contributed by atoms with Gasteiger partial charge in [0.1, 0.15) is 0 Å². The zero-order valence-electron chi connectivity index (χ0n) is 11.6. The van der Waals surface area contributed by atoms with Crippen LogP contribution in [0.3, 0.4) is 0 Å². The van der Waals surface area contributed by atoms with Gasteiger partial charge in [0.15, 0.2) is 0 Å². The minimum absolute atomic E-state index is 0.101. The highest BCUT2D eigenvalue weighted by Gasteiger charge is 2.15. The molecule has 2 heterocycles. The molecule has 4 nitrogen and oxygen atoms in total. The van der Waals surface area contributed by atoms with Gasteiger partial charge in [-0.25, -0.2) is 4.98 Å². The lowest BCUT2D eigenvalue weighted by Gasteiger charge is -2.19. The first-order chi connectivity index (χ1) is 9.61. The number of aromatic nitrogens is 1. The third-order valence-corrected chi connectivity index (χ3v) is 4.26. The number of hydrogen-bond acceptors (Lipinski definition) is 4. The second-order valence-electron chi connectivity index (χ2n) is 5.08. The molecule has 0 bridgehead atoms. The largest absolute Gasteiger partial charge is 0.377 e. The van der Waals surface area contributed by atoms with Crippen LogP contribution < -0.4 is 10.6 Å². The Morgan fingerprint density at radius 1 is 1.40 bits per heavy atom. The molecule has 3 rings (SSSR count). The summed E-state index contributed by atoms with van der Waals surface area (Å²) in [6.45, 7) is 4.12. The van der Waals surface area contributed by atoms with Gasteiger partial charge in [-0.15, -0.1) is 11.3 Å². The minimum atomic E-state index is 0.101. The molecule has 1 unspecified atom stereocenters. The fourth-order valence-corrected chi connectivity index (χ4v) is 3.08. The SMILES string of the molecule is Cc1nc(C(C)Nc2ccc3c(c2)CCC(=O)N3)cs1. The number of thiazole rings is 1. The Morgan fingerprint density at radius 3 is 3.00 bits per heavy atom. The van der Waals surface area contributed by atoms with Gasteiger partial charge in [-0.05, 0) is 44.0 Å². The van der Waals surface area contributed by atoms with E-state index in [1.165, 1.54) is 5.56 Å². The molecule has 2 aromatic rings. The average molecular weight is 287 g/mol. The van der Waals surface area contributed by atoms with Gasteiger partial charge in [-0.1, -0.05) is 0 Å². The lowest BCUT2D eigenvalue weighted by molar-refractivity contribution is -0.116. The van der Waals surface area contributed by atoms with Gasteiger partial charge in [-0.3, -0.25) is 4.79 Å². The zero-order valence-corrected chi connectivity index (χ0v) is 12.4. The summed E-state index contributed by atoms with van der Waals surface area (Å²) < 4.78 is 0. The molecule has 20 heavy (non-hydrogen) atoms. The first kappa shape index (κ1) is 13.1. The number of amides is 1. The summed E-state index contributed by atoms with van der Waals surface area (Å²) in [7, 11) is 0. The maximum atomic E-state index is 11.3. The van der Waals surface area contributed by atoms with Crippen LogP contribution in [0.15, 0.2) is 23.6 Å². The van der Waals surface area contributed by atoms with Gasteiger partial charge in [0.05, 0.1) is 16.7 Å². The Hall–Kier alpha value is -1.88. The van der Waals surface area contributed by atoms with Crippen LogP contribution in [0.5, 0.6) is 0 Å². The Labute approximate surface area is 122 Å². The standard InChI is InChI=1S/C15H17N3OS/c1-9(14-8-20-10(2)17-14)16-12-4-5-13-11(7-12)3-6-15(19)18-13/h4-5,7-9,16H,3,6H2,1-2H3,(H,18,19). The molecule has 0 aliphatic carbocycles. The smallest absolute Gasteiger partial charge is 0.224 e. The summed E-state index contributed by atoms with van der Waals surface area (Å²) in [6, 6.07) is 6.26. The summed E-state index contributed by atoms with van der Waals surface area (Å²) >= 11 is 1.67. The van der Waals surface area contributed by atoms with Crippen molar-refractivity contribution in [2.45, 2.75) is 32.7 Å². The van der Waals surface area contributed by atoms with Crippen molar-refractivity contribution >= 4 is 28.6 Å². The van der Waals surface area contributed by atoms with E-state index in [-0.39, 0.29) is 11.9 Å². The molecule has 1 amide bonds. The second kappa shape index (κ2) is 5.25. The van der Waals surface area contributed by atoms with Crippen molar-refractivity contribution in [1.82, 2.24) is 4.98 Å². The van der Waals surface area contributed by atoms with Crippen molar-refractivity contribution < 1.29 is 4.79 Å². The van der Waals surface area contributed by atoms with E-state index >= 15 is 0 Å². The van der Waals surface area contributed by atoms with Crippen LogP contribution in [0, 0.1) is 6.92 Å². The van der Waals surface area contributed by atoms with Crippen molar-refractivity contribution in [3.8, 4) is 0 Å². The number of rotatable bonds is 3. The molecule has 0 saturated carbocycles. The van der Waals surface area contributed by atoms with Crippen LogP contribution in [0.4, 0.5) is 11.4 Å². The number of fused-ring (bicyclic) bond motifs is 1. The molecule has 1 atom stereocenters. The maximum absolute atomic E-state index is 11.3. The molecular formula is C15H17N3OS. The fourth-order valence-electron chi connectivity index (χ4n) is 2.38. The Morgan fingerprint density at radius 2 is 2.25 bits per heavy atom. The van der Waals surface area contributed by atoms with Crippen molar-refractivity contribution in [2.75, 3.05) is 10.6 Å². The van der Waals surface area contributed by atoms with E-state index in [9.17, 15) is 4.79 Å². The number of carbonyl (C=O) groups excluding carboxylic acids is 1. The summed E-state index contributed by atoms with van der Waals surface area (Å²) in [5, 5.41) is 9.54. The van der Waals surface area contributed by atoms with Gasteiger partial charge in [-0.2, -0.15) is 0 Å². The predicted molar refractivity (Wildman–Crippen MR) is 82.3 cm³/mol. The summed E-state index contributed by atoms with van der Waals surface area (Å²) in [6.07, 6.45) is 1.37. The maximum Gasteiger partial charge on any atom is 0.224 e. The molecule has 1 aliphatic rings. The average Bonchev–Trinajstić information content (AvgIpc) is 2.86. The Bertz CT molecular complexity index is 650. The normalized spacial score (nSPS) is 15.4. The third-order valence-electron chi connectivity index (χ3n) is 3.46. The molecule has 0 fully saturated rings. The zero-order chi connectivity index (χ0) is 14.1. The van der Waals surface area contributed by atoms with E-state index < -0.39 is 0 Å². The molecule has 1 aromatic carbocycles. The Balaban J connectivity index is 1.76. The second-order valence-corrected chi connectivity index (χ2v) is 6.14. The van der Waals surface area contributed by atoms with Crippen molar-refractivity contribution in [2.24, 2.45) is 0 Å². The Kier molecular flexibility index (Phi) is 3.44. The number of nitrogens with zero attached hydrogens (tertiary/aromatic N) is 1. The molecule has 1 aliphatic heterocycles.